The third-order valence-corrected chi connectivity index (χ3v) is 1.45. The van der Waals surface area contributed by atoms with E-state index >= 15 is 0 Å². The third-order valence-electron chi connectivity index (χ3n) is 1.45. The minimum atomic E-state index is -0.158. The van der Waals surface area contributed by atoms with Crippen molar-refractivity contribution in [3.05, 3.63) is 6.92 Å². The zero-order chi connectivity index (χ0) is 6.62. The summed E-state index contributed by atoms with van der Waals surface area (Å²) in [5.41, 5.74) is 5.56. The lowest BCUT2D eigenvalue weighted by molar-refractivity contribution is 0.461. The molecule has 0 aliphatic heterocycles. The van der Waals surface area contributed by atoms with E-state index in [1.807, 2.05) is 0 Å². The second-order valence-electron chi connectivity index (χ2n) is 2.47. The Hall–Kier alpha value is -0.0400. The zero-order valence-electron chi connectivity index (χ0n) is 5.91. The van der Waals surface area contributed by atoms with Crippen LogP contribution in [0.15, 0.2) is 0 Å². The summed E-state index contributed by atoms with van der Waals surface area (Å²) in [5.74, 6) is 0. The van der Waals surface area contributed by atoms with Crippen LogP contribution >= 0.6 is 0 Å². The summed E-state index contributed by atoms with van der Waals surface area (Å²) in [6, 6.07) is 0. The van der Waals surface area contributed by atoms with Gasteiger partial charge in [-0.05, 0) is 19.8 Å². The molecule has 0 aromatic rings. The topological polar surface area (TPSA) is 26.0 Å². The zero-order valence-corrected chi connectivity index (χ0v) is 5.91. The summed E-state index contributed by atoms with van der Waals surface area (Å²) in [7, 11) is 0. The molecule has 1 unspecified atom stereocenters. The fourth-order valence-electron chi connectivity index (χ4n) is 0.675. The van der Waals surface area contributed by atoms with Crippen molar-refractivity contribution in [1.82, 2.24) is 0 Å². The summed E-state index contributed by atoms with van der Waals surface area (Å²) < 4.78 is 0. The lowest BCUT2D eigenvalue weighted by Gasteiger charge is -2.20. The fraction of sp³-hybridized carbons (Fsp3) is 0.857. The normalized spacial score (nSPS) is 18.0. The van der Waals surface area contributed by atoms with Crippen molar-refractivity contribution in [3.8, 4) is 0 Å². The van der Waals surface area contributed by atoms with Gasteiger partial charge in [-0.3, -0.25) is 0 Å². The number of hydrogen-bond acceptors (Lipinski definition) is 1. The largest absolute Gasteiger partial charge is 0.325 e. The van der Waals surface area contributed by atoms with E-state index in [2.05, 4.69) is 20.8 Å². The van der Waals surface area contributed by atoms with Gasteiger partial charge < -0.3 is 5.73 Å². The lowest BCUT2D eigenvalue weighted by atomic mass is 9.95. The molecule has 8 heavy (non-hydrogen) atoms. The maximum absolute atomic E-state index is 5.72. The molecule has 1 radical (unpaired) electrons. The van der Waals surface area contributed by atoms with Crippen LogP contribution < -0.4 is 5.73 Å². The predicted octanol–water partition coefficient (Wildman–Crippen LogP) is 1.73. The van der Waals surface area contributed by atoms with Gasteiger partial charge in [0.25, 0.3) is 0 Å². The maximum Gasteiger partial charge on any atom is 0.0152 e. The van der Waals surface area contributed by atoms with Crippen LogP contribution in [0.3, 0.4) is 0 Å². The van der Waals surface area contributed by atoms with E-state index in [0.717, 1.165) is 19.3 Å². The van der Waals surface area contributed by atoms with Gasteiger partial charge in [0.05, 0.1) is 0 Å². The molecule has 0 aliphatic carbocycles. The van der Waals surface area contributed by atoms with Crippen LogP contribution in [0.1, 0.15) is 33.1 Å². The van der Waals surface area contributed by atoms with Crippen molar-refractivity contribution in [2.45, 2.75) is 38.6 Å². The number of nitrogens with two attached hydrogens (primary N) is 1. The summed E-state index contributed by atoms with van der Waals surface area (Å²) in [6.07, 6.45) is 3.14. The van der Waals surface area contributed by atoms with E-state index in [1.165, 1.54) is 0 Å². The predicted molar refractivity (Wildman–Crippen MR) is 37.5 cm³/mol. The Kier molecular flexibility index (Phi) is 3.06. The molecule has 0 heterocycles. The standard InChI is InChI=1S/C7H16N/c1-4-6-7(3,8)5-2/h3-6,8H2,1-2H3. The molecule has 2 N–H and O–H groups in total. The fourth-order valence-corrected chi connectivity index (χ4v) is 0.675. The minimum Gasteiger partial charge on any atom is -0.325 e. The first-order chi connectivity index (χ1) is 3.62. The van der Waals surface area contributed by atoms with Crippen molar-refractivity contribution in [2.24, 2.45) is 5.73 Å². The van der Waals surface area contributed by atoms with Gasteiger partial charge in [0.15, 0.2) is 0 Å². The van der Waals surface area contributed by atoms with Crippen molar-refractivity contribution in [2.75, 3.05) is 0 Å². The van der Waals surface area contributed by atoms with Gasteiger partial charge in [-0.2, -0.15) is 0 Å². The second kappa shape index (κ2) is 3.08. The highest BCUT2D eigenvalue weighted by molar-refractivity contribution is 4.83. The highest BCUT2D eigenvalue weighted by Crippen LogP contribution is 2.10. The summed E-state index contributed by atoms with van der Waals surface area (Å²) in [6.45, 7) is 8.06. The molecule has 0 saturated carbocycles. The second-order valence-corrected chi connectivity index (χ2v) is 2.47. The summed E-state index contributed by atoms with van der Waals surface area (Å²) in [4.78, 5) is 0. The third kappa shape index (κ3) is 3.03. The Morgan fingerprint density at radius 2 is 2.00 bits per heavy atom. The Bertz CT molecular complexity index is 57.4. The molecule has 0 spiro atoms. The molecule has 1 heteroatoms. The van der Waals surface area contributed by atoms with Crippen LogP contribution in [0.5, 0.6) is 0 Å². The first-order valence-corrected chi connectivity index (χ1v) is 3.26. The van der Waals surface area contributed by atoms with E-state index in [-0.39, 0.29) is 5.54 Å². The maximum atomic E-state index is 5.72. The summed E-state index contributed by atoms with van der Waals surface area (Å²) >= 11 is 0. The van der Waals surface area contributed by atoms with E-state index < -0.39 is 0 Å². The SMILES string of the molecule is [CH2]C(N)(CC)CCC. The van der Waals surface area contributed by atoms with Gasteiger partial charge in [0, 0.05) is 5.54 Å². The quantitative estimate of drug-likeness (QED) is 0.594. The summed E-state index contributed by atoms with van der Waals surface area (Å²) in [5, 5.41) is 0. The van der Waals surface area contributed by atoms with Gasteiger partial charge in [-0.25, -0.2) is 0 Å². The van der Waals surface area contributed by atoms with E-state index in [4.69, 9.17) is 5.73 Å². The Balaban J connectivity index is 3.37. The van der Waals surface area contributed by atoms with Gasteiger partial charge in [0.2, 0.25) is 0 Å². The Labute approximate surface area is 52.3 Å². The highest BCUT2D eigenvalue weighted by Gasteiger charge is 2.12. The van der Waals surface area contributed by atoms with Crippen molar-refractivity contribution in [1.29, 1.82) is 0 Å². The molecule has 0 aliphatic rings. The average molecular weight is 114 g/mol. The molecule has 0 saturated heterocycles. The van der Waals surface area contributed by atoms with Crippen LogP contribution in [0.25, 0.3) is 0 Å². The Morgan fingerprint density at radius 3 is 2.12 bits per heavy atom. The lowest BCUT2D eigenvalue weighted by Crippen LogP contribution is -2.34. The molecular formula is C7H16N. The van der Waals surface area contributed by atoms with Gasteiger partial charge in [-0.1, -0.05) is 20.3 Å². The molecule has 1 atom stereocenters. The van der Waals surface area contributed by atoms with Gasteiger partial charge >= 0.3 is 0 Å². The molecule has 0 amide bonds. The smallest absolute Gasteiger partial charge is 0.0152 e. The average Bonchev–Trinajstić information content (AvgIpc) is 1.67. The molecule has 49 valence electrons. The first-order valence-electron chi connectivity index (χ1n) is 3.26. The van der Waals surface area contributed by atoms with Gasteiger partial charge in [-0.15, -0.1) is 0 Å². The van der Waals surface area contributed by atoms with Crippen molar-refractivity contribution < 1.29 is 0 Å². The molecule has 0 aromatic heterocycles. The van der Waals surface area contributed by atoms with Crippen LogP contribution in [0, 0.1) is 6.92 Å². The van der Waals surface area contributed by atoms with Crippen LogP contribution in [0.2, 0.25) is 0 Å². The molecular weight excluding hydrogens is 98.1 g/mol. The van der Waals surface area contributed by atoms with E-state index in [1.54, 1.807) is 0 Å². The molecule has 0 fully saturated rings. The van der Waals surface area contributed by atoms with Crippen LogP contribution in [-0.4, -0.2) is 5.54 Å². The highest BCUT2D eigenvalue weighted by atomic mass is 14.7. The van der Waals surface area contributed by atoms with E-state index in [0.29, 0.717) is 0 Å². The molecule has 0 bridgehead atoms. The molecule has 0 aromatic carbocycles. The van der Waals surface area contributed by atoms with Crippen molar-refractivity contribution >= 4 is 0 Å². The van der Waals surface area contributed by atoms with Crippen LogP contribution in [0.4, 0.5) is 0 Å². The molecule has 1 nitrogen and oxygen atoms in total. The molecule has 0 rings (SSSR count). The monoisotopic (exact) mass is 114 g/mol. The first kappa shape index (κ1) is 7.96. The Morgan fingerprint density at radius 1 is 1.50 bits per heavy atom. The number of rotatable bonds is 3. The van der Waals surface area contributed by atoms with Crippen LogP contribution in [-0.2, 0) is 0 Å². The van der Waals surface area contributed by atoms with E-state index in [9.17, 15) is 0 Å². The number of hydrogen-bond donors (Lipinski definition) is 1. The minimum absolute atomic E-state index is 0.158. The van der Waals surface area contributed by atoms with Crippen molar-refractivity contribution in [3.63, 3.8) is 0 Å². The van der Waals surface area contributed by atoms with Gasteiger partial charge in [0.1, 0.15) is 0 Å².